The molecule has 4 nitrogen and oxygen atoms in total. The zero-order chi connectivity index (χ0) is 9.56. The fourth-order valence-corrected chi connectivity index (χ4v) is 0.653. The summed E-state index contributed by atoms with van der Waals surface area (Å²) in [6.45, 7) is 1.65. The molecule has 0 aromatic heterocycles. The van der Waals surface area contributed by atoms with E-state index in [9.17, 15) is 9.59 Å². The van der Waals surface area contributed by atoms with Crippen molar-refractivity contribution in [2.45, 2.75) is 13.0 Å². The van der Waals surface area contributed by atoms with E-state index in [4.69, 9.17) is 5.73 Å². The smallest absolute Gasteiger partial charge is 0.242 e. The largest absolute Gasteiger partial charge is 0.322 e. The number of hydrogen-bond acceptors (Lipinski definition) is 4. The predicted octanol–water partition coefficient (Wildman–Crippen LogP) is -0.538. The molecule has 0 aliphatic rings. The van der Waals surface area contributed by atoms with Crippen molar-refractivity contribution in [1.29, 1.82) is 0 Å². The summed E-state index contributed by atoms with van der Waals surface area (Å²) in [4.78, 5) is 21.3. The third kappa shape index (κ3) is 3.54. The molecule has 0 saturated carbocycles. The standard InChI is InChI=1S/C7H12N2O2S/c1-2-5(3-10)9-7(11)6(8)4-12/h2-3,6,12H,4,8H2,1H3,(H,9,11)/t6-/m0/s1. The van der Waals surface area contributed by atoms with Gasteiger partial charge in [-0.3, -0.25) is 9.59 Å². The Morgan fingerprint density at radius 2 is 2.33 bits per heavy atom. The van der Waals surface area contributed by atoms with Gasteiger partial charge in [0.2, 0.25) is 5.91 Å². The molecule has 0 aliphatic carbocycles. The molecule has 0 aromatic carbocycles. The highest BCUT2D eigenvalue weighted by molar-refractivity contribution is 7.80. The average molecular weight is 188 g/mol. The second-order valence-corrected chi connectivity index (χ2v) is 2.51. The fourth-order valence-electron chi connectivity index (χ4n) is 0.488. The number of thiol groups is 1. The van der Waals surface area contributed by atoms with Crippen LogP contribution in [0.5, 0.6) is 0 Å². The molecule has 1 amide bonds. The van der Waals surface area contributed by atoms with Crippen molar-refractivity contribution in [2.24, 2.45) is 5.73 Å². The Kier molecular flexibility index (Phi) is 5.40. The predicted molar refractivity (Wildman–Crippen MR) is 49.8 cm³/mol. The van der Waals surface area contributed by atoms with E-state index >= 15 is 0 Å². The number of hydrogen-bond donors (Lipinski definition) is 3. The highest BCUT2D eigenvalue weighted by atomic mass is 32.1. The molecular weight excluding hydrogens is 176 g/mol. The van der Waals surface area contributed by atoms with Gasteiger partial charge in [-0.15, -0.1) is 0 Å². The molecule has 0 bridgehead atoms. The van der Waals surface area contributed by atoms with E-state index in [2.05, 4.69) is 17.9 Å². The van der Waals surface area contributed by atoms with Gasteiger partial charge in [-0.05, 0) is 6.92 Å². The number of amides is 1. The first-order valence-electron chi connectivity index (χ1n) is 3.44. The zero-order valence-electron chi connectivity index (χ0n) is 6.78. The minimum Gasteiger partial charge on any atom is -0.322 e. The Morgan fingerprint density at radius 3 is 2.67 bits per heavy atom. The van der Waals surface area contributed by atoms with E-state index in [0.29, 0.717) is 6.29 Å². The molecular formula is C7H12N2O2S. The maximum Gasteiger partial charge on any atom is 0.242 e. The van der Waals surface area contributed by atoms with Crippen LogP contribution >= 0.6 is 12.6 Å². The molecule has 0 heterocycles. The summed E-state index contributed by atoms with van der Waals surface area (Å²) < 4.78 is 0. The summed E-state index contributed by atoms with van der Waals surface area (Å²) in [7, 11) is 0. The van der Waals surface area contributed by atoms with Crippen LogP contribution in [0.3, 0.4) is 0 Å². The van der Waals surface area contributed by atoms with E-state index in [1.54, 1.807) is 6.92 Å². The number of carbonyl (C=O) groups excluding carboxylic acids is 2. The van der Waals surface area contributed by atoms with Gasteiger partial charge < -0.3 is 11.1 Å². The minimum atomic E-state index is -0.678. The van der Waals surface area contributed by atoms with Crippen LogP contribution in [-0.4, -0.2) is 24.0 Å². The minimum absolute atomic E-state index is 0.220. The van der Waals surface area contributed by atoms with Crippen LogP contribution in [0.2, 0.25) is 0 Å². The van der Waals surface area contributed by atoms with Crippen LogP contribution in [0.15, 0.2) is 11.8 Å². The van der Waals surface area contributed by atoms with Gasteiger partial charge >= 0.3 is 0 Å². The molecule has 0 aromatic rings. The highest BCUT2D eigenvalue weighted by Gasteiger charge is 2.11. The SMILES string of the molecule is CC=C(C=O)NC(=O)[C@@H](N)CS. The van der Waals surface area contributed by atoms with Gasteiger partial charge in [0, 0.05) is 5.75 Å². The summed E-state index contributed by atoms with van der Waals surface area (Å²) in [6, 6.07) is -0.678. The third-order valence-corrected chi connectivity index (χ3v) is 1.63. The van der Waals surface area contributed by atoms with Crippen LogP contribution in [-0.2, 0) is 9.59 Å². The number of allylic oxidation sites excluding steroid dienone is 2. The lowest BCUT2D eigenvalue weighted by Gasteiger charge is -2.08. The zero-order valence-corrected chi connectivity index (χ0v) is 7.67. The first kappa shape index (κ1) is 11.2. The summed E-state index contributed by atoms with van der Waals surface area (Å²) >= 11 is 3.84. The summed E-state index contributed by atoms with van der Waals surface area (Å²) in [6.07, 6.45) is 2.05. The van der Waals surface area contributed by atoms with Gasteiger partial charge in [0.25, 0.3) is 0 Å². The molecule has 12 heavy (non-hydrogen) atoms. The van der Waals surface area contributed by atoms with Gasteiger partial charge in [0.15, 0.2) is 6.29 Å². The number of nitrogens with one attached hydrogen (secondary N) is 1. The van der Waals surface area contributed by atoms with Gasteiger partial charge in [-0.2, -0.15) is 12.6 Å². The van der Waals surface area contributed by atoms with Crippen molar-refractivity contribution in [3.63, 3.8) is 0 Å². The second-order valence-electron chi connectivity index (χ2n) is 2.14. The van der Waals surface area contributed by atoms with E-state index < -0.39 is 11.9 Å². The van der Waals surface area contributed by atoms with Gasteiger partial charge in [-0.1, -0.05) is 6.08 Å². The lowest BCUT2D eigenvalue weighted by atomic mass is 10.3. The van der Waals surface area contributed by atoms with Crippen LogP contribution in [0.25, 0.3) is 0 Å². The summed E-state index contributed by atoms with van der Waals surface area (Å²) in [5.41, 5.74) is 5.56. The van der Waals surface area contributed by atoms with Crippen molar-refractivity contribution in [3.8, 4) is 0 Å². The van der Waals surface area contributed by atoms with Crippen LogP contribution < -0.4 is 11.1 Å². The lowest BCUT2D eigenvalue weighted by molar-refractivity contribution is -0.122. The first-order chi connectivity index (χ1) is 5.65. The van der Waals surface area contributed by atoms with Crippen LogP contribution in [0.1, 0.15) is 6.92 Å². The maximum absolute atomic E-state index is 11.0. The van der Waals surface area contributed by atoms with Crippen molar-refractivity contribution in [3.05, 3.63) is 11.8 Å². The van der Waals surface area contributed by atoms with Gasteiger partial charge in [0.05, 0.1) is 11.7 Å². The van der Waals surface area contributed by atoms with E-state index in [0.717, 1.165) is 0 Å². The maximum atomic E-state index is 11.0. The van der Waals surface area contributed by atoms with Crippen molar-refractivity contribution >= 4 is 24.8 Å². The lowest BCUT2D eigenvalue weighted by Crippen LogP contribution is -2.41. The van der Waals surface area contributed by atoms with Gasteiger partial charge in [0.1, 0.15) is 0 Å². The molecule has 0 spiro atoms. The first-order valence-corrected chi connectivity index (χ1v) is 4.07. The quantitative estimate of drug-likeness (QED) is 0.315. The second kappa shape index (κ2) is 5.79. The molecule has 3 N–H and O–H groups in total. The Balaban J connectivity index is 4.08. The normalized spacial score (nSPS) is 13.8. The van der Waals surface area contributed by atoms with E-state index in [1.165, 1.54) is 6.08 Å². The Bertz CT molecular complexity index is 204. The highest BCUT2D eigenvalue weighted by Crippen LogP contribution is 1.87. The average Bonchev–Trinajstić information content (AvgIpc) is 2.12. The van der Waals surface area contributed by atoms with E-state index in [-0.39, 0.29) is 11.4 Å². The number of nitrogens with two attached hydrogens (primary N) is 1. The molecule has 68 valence electrons. The number of aldehydes is 1. The van der Waals surface area contributed by atoms with Crippen molar-refractivity contribution < 1.29 is 9.59 Å². The van der Waals surface area contributed by atoms with Crippen LogP contribution in [0, 0.1) is 0 Å². The number of carbonyl (C=O) groups is 2. The van der Waals surface area contributed by atoms with Crippen LogP contribution in [0.4, 0.5) is 0 Å². The van der Waals surface area contributed by atoms with E-state index in [1.807, 2.05) is 0 Å². The monoisotopic (exact) mass is 188 g/mol. The Morgan fingerprint density at radius 1 is 1.75 bits per heavy atom. The van der Waals surface area contributed by atoms with Crippen molar-refractivity contribution in [2.75, 3.05) is 5.75 Å². The topological polar surface area (TPSA) is 72.2 Å². The summed E-state index contributed by atoms with van der Waals surface area (Å²) in [5.74, 6) is -0.146. The summed E-state index contributed by atoms with van der Waals surface area (Å²) in [5, 5.41) is 2.35. The van der Waals surface area contributed by atoms with Crippen molar-refractivity contribution in [1.82, 2.24) is 5.32 Å². The molecule has 0 rings (SSSR count). The molecule has 1 atom stereocenters. The molecule has 0 fully saturated rings. The Hall–Kier alpha value is -0.810. The fraction of sp³-hybridized carbons (Fsp3) is 0.429. The number of rotatable bonds is 4. The third-order valence-electron chi connectivity index (χ3n) is 1.24. The van der Waals surface area contributed by atoms with Gasteiger partial charge in [-0.25, -0.2) is 0 Å². The molecule has 0 aliphatic heterocycles. The molecule has 0 unspecified atom stereocenters. The Labute approximate surface area is 76.6 Å². The molecule has 0 saturated heterocycles. The molecule has 0 radical (unpaired) electrons. The molecule has 5 heteroatoms.